The minimum atomic E-state index is 0.470. The van der Waals surface area contributed by atoms with Crippen LogP contribution in [-0.2, 0) is 13.6 Å². The zero-order valence-corrected chi connectivity index (χ0v) is 12.9. The molecule has 110 valence electrons. The van der Waals surface area contributed by atoms with E-state index in [2.05, 4.69) is 25.5 Å². The lowest BCUT2D eigenvalue weighted by molar-refractivity contribution is 0.637. The summed E-state index contributed by atoms with van der Waals surface area (Å²) in [5, 5.41) is 13.3. The Labute approximate surface area is 127 Å². The summed E-state index contributed by atoms with van der Waals surface area (Å²) in [6.45, 7) is 5.20. The van der Waals surface area contributed by atoms with Gasteiger partial charge >= 0.3 is 0 Å². The lowest BCUT2D eigenvalue weighted by Gasteiger charge is -2.08. The zero-order valence-electron chi connectivity index (χ0n) is 12.1. The topological polar surface area (TPSA) is 73.5 Å². The first-order valence-electron chi connectivity index (χ1n) is 6.70. The van der Waals surface area contributed by atoms with E-state index in [4.69, 9.17) is 11.6 Å². The van der Waals surface area contributed by atoms with E-state index in [-0.39, 0.29) is 0 Å². The van der Waals surface area contributed by atoms with Gasteiger partial charge in [0.15, 0.2) is 11.5 Å². The molecule has 1 N–H and O–H groups in total. The first-order chi connectivity index (χ1) is 10.1. The van der Waals surface area contributed by atoms with Gasteiger partial charge in [-0.05, 0) is 13.8 Å². The van der Waals surface area contributed by atoms with E-state index in [1.54, 1.807) is 21.8 Å². The summed E-state index contributed by atoms with van der Waals surface area (Å²) < 4.78 is 3.53. The maximum Gasteiger partial charge on any atom is 0.163 e. The van der Waals surface area contributed by atoms with Gasteiger partial charge in [0.1, 0.15) is 12.4 Å². The molecule has 0 saturated carbocycles. The van der Waals surface area contributed by atoms with Gasteiger partial charge in [-0.15, -0.1) is 0 Å². The summed E-state index contributed by atoms with van der Waals surface area (Å²) in [7, 11) is 1.87. The van der Waals surface area contributed by atoms with Crippen molar-refractivity contribution >= 4 is 28.5 Å². The number of aryl methyl sites for hydroxylation is 1. The van der Waals surface area contributed by atoms with Gasteiger partial charge in [-0.2, -0.15) is 10.2 Å². The molecule has 8 heteroatoms. The van der Waals surface area contributed by atoms with Crippen molar-refractivity contribution in [2.24, 2.45) is 7.05 Å². The monoisotopic (exact) mass is 305 g/mol. The van der Waals surface area contributed by atoms with Crippen molar-refractivity contribution in [1.29, 1.82) is 0 Å². The molecule has 3 rings (SSSR count). The number of hydrogen-bond acceptors (Lipinski definition) is 5. The second kappa shape index (κ2) is 5.33. The SMILES string of the molecule is CCNc1nc(Cn2ncc(Cl)c2C)nc2c1cnn2C. The fourth-order valence-corrected chi connectivity index (χ4v) is 2.30. The molecule has 3 aromatic rings. The molecule has 0 unspecified atom stereocenters. The number of nitrogens with one attached hydrogen (secondary N) is 1. The molecule has 0 fully saturated rings. The highest BCUT2D eigenvalue weighted by molar-refractivity contribution is 6.31. The van der Waals surface area contributed by atoms with Crippen LogP contribution in [-0.4, -0.2) is 36.1 Å². The van der Waals surface area contributed by atoms with Gasteiger partial charge in [0.05, 0.1) is 28.5 Å². The average molecular weight is 306 g/mol. The lowest BCUT2D eigenvalue weighted by Crippen LogP contribution is -2.10. The minimum absolute atomic E-state index is 0.470. The molecule has 21 heavy (non-hydrogen) atoms. The third-order valence-electron chi connectivity index (χ3n) is 3.32. The van der Waals surface area contributed by atoms with Gasteiger partial charge < -0.3 is 5.32 Å². The highest BCUT2D eigenvalue weighted by atomic mass is 35.5. The molecule has 0 aromatic carbocycles. The van der Waals surface area contributed by atoms with Gasteiger partial charge in [-0.3, -0.25) is 9.36 Å². The molecule has 0 radical (unpaired) electrons. The molecule has 0 atom stereocenters. The van der Waals surface area contributed by atoms with Crippen LogP contribution in [0, 0.1) is 6.92 Å². The van der Waals surface area contributed by atoms with Crippen molar-refractivity contribution < 1.29 is 0 Å². The molecule has 0 aliphatic rings. The first-order valence-corrected chi connectivity index (χ1v) is 7.08. The maximum atomic E-state index is 6.03. The number of rotatable bonds is 4. The molecule has 0 aliphatic carbocycles. The molecular weight excluding hydrogens is 290 g/mol. The van der Waals surface area contributed by atoms with Gasteiger partial charge in [0, 0.05) is 13.6 Å². The smallest absolute Gasteiger partial charge is 0.163 e. The number of aromatic nitrogens is 6. The second-order valence-electron chi connectivity index (χ2n) is 4.76. The number of halogens is 1. The molecule has 3 aromatic heterocycles. The summed E-state index contributed by atoms with van der Waals surface area (Å²) >= 11 is 6.03. The molecule has 0 aliphatic heterocycles. The van der Waals surface area contributed by atoms with Gasteiger partial charge in [0.25, 0.3) is 0 Å². The molecule has 7 nitrogen and oxygen atoms in total. The third kappa shape index (κ3) is 2.44. The summed E-state index contributed by atoms with van der Waals surface area (Å²) in [5.41, 5.74) is 1.70. The van der Waals surface area contributed by atoms with E-state index < -0.39 is 0 Å². The van der Waals surface area contributed by atoms with E-state index in [1.165, 1.54) is 0 Å². The van der Waals surface area contributed by atoms with E-state index in [0.717, 1.165) is 29.1 Å². The largest absolute Gasteiger partial charge is 0.370 e. The van der Waals surface area contributed by atoms with Gasteiger partial charge in [-0.25, -0.2) is 9.97 Å². The Kier molecular flexibility index (Phi) is 3.50. The number of nitrogens with zero attached hydrogens (tertiary/aromatic N) is 6. The standard InChI is InChI=1S/C13H16ClN7/c1-4-15-12-9-5-16-20(3)13(9)19-11(18-12)7-21-8(2)10(14)6-17-21/h5-6H,4,7H2,1-3H3,(H,15,18,19). The zero-order chi connectivity index (χ0) is 15.0. The van der Waals surface area contributed by atoms with E-state index in [0.29, 0.717) is 17.4 Å². The molecule has 0 saturated heterocycles. The van der Waals surface area contributed by atoms with Crippen LogP contribution in [0.2, 0.25) is 5.02 Å². The van der Waals surface area contributed by atoms with Crippen LogP contribution < -0.4 is 5.32 Å². The Hall–Kier alpha value is -2.15. The van der Waals surface area contributed by atoms with Crippen LogP contribution in [0.5, 0.6) is 0 Å². The van der Waals surface area contributed by atoms with E-state index in [1.807, 2.05) is 20.9 Å². The van der Waals surface area contributed by atoms with Crippen molar-refractivity contribution in [3.63, 3.8) is 0 Å². The van der Waals surface area contributed by atoms with Gasteiger partial charge in [0.2, 0.25) is 0 Å². The van der Waals surface area contributed by atoms with Crippen molar-refractivity contribution in [3.05, 3.63) is 28.9 Å². The molecule has 0 spiro atoms. The predicted molar refractivity (Wildman–Crippen MR) is 81.5 cm³/mol. The molecule has 3 heterocycles. The highest BCUT2D eigenvalue weighted by Crippen LogP contribution is 2.20. The van der Waals surface area contributed by atoms with Crippen LogP contribution >= 0.6 is 11.6 Å². The van der Waals surface area contributed by atoms with Crippen molar-refractivity contribution in [2.75, 3.05) is 11.9 Å². The fourth-order valence-electron chi connectivity index (χ4n) is 2.16. The van der Waals surface area contributed by atoms with Crippen LogP contribution in [0.3, 0.4) is 0 Å². The van der Waals surface area contributed by atoms with Crippen LogP contribution in [0.15, 0.2) is 12.4 Å². The maximum absolute atomic E-state index is 6.03. The van der Waals surface area contributed by atoms with Crippen LogP contribution in [0.1, 0.15) is 18.4 Å². The minimum Gasteiger partial charge on any atom is -0.370 e. The predicted octanol–water partition coefficient (Wildman–Crippen LogP) is 2.00. The summed E-state index contributed by atoms with van der Waals surface area (Å²) in [6, 6.07) is 0. The molecule has 0 bridgehead atoms. The van der Waals surface area contributed by atoms with Gasteiger partial charge in [-0.1, -0.05) is 11.6 Å². The Morgan fingerprint density at radius 1 is 1.24 bits per heavy atom. The quantitative estimate of drug-likeness (QED) is 0.798. The fraction of sp³-hybridized carbons (Fsp3) is 0.385. The van der Waals surface area contributed by atoms with Crippen LogP contribution in [0.4, 0.5) is 5.82 Å². The first kappa shape index (κ1) is 13.8. The summed E-state index contributed by atoms with van der Waals surface area (Å²) in [5.74, 6) is 1.46. The molecule has 0 amide bonds. The molecular formula is C13H16ClN7. The van der Waals surface area contributed by atoms with E-state index >= 15 is 0 Å². The van der Waals surface area contributed by atoms with Crippen molar-refractivity contribution in [2.45, 2.75) is 20.4 Å². The van der Waals surface area contributed by atoms with Crippen molar-refractivity contribution in [3.8, 4) is 0 Å². The number of fused-ring (bicyclic) bond motifs is 1. The lowest BCUT2D eigenvalue weighted by atomic mass is 10.3. The highest BCUT2D eigenvalue weighted by Gasteiger charge is 2.13. The Balaban J connectivity index is 2.05. The van der Waals surface area contributed by atoms with Crippen LogP contribution in [0.25, 0.3) is 11.0 Å². The summed E-state index contributed by atoms with van der Waals surface area (Å²) in [4.78, 5) is 9.14. The number of anilines is 1. The third-order valence-corrected chi connectivity index (χ3v) is 3.69. The average Bonchev–Trinajstić information content (AvgIpc) is 2.98. The van der Waals surface area contributed by atoms with Crippen molar-refractivity contribution in [1.82, 2.24) is 29.5 Å². The Morgan fingerprint density at radius 3 is 2.71 bits per heavy atom. The summed E-state index contributed by atoms with van der Waals surface area (Å²) in [6.07, 6.45) is 3.40. The Bertz CT molecular complexity index is 789. The number of hydrogen-bond donors (Lipinski definition) is 1. The second-order valence-corrected chi connectivity index (χ2v) is 5.17. The normalized spacial score (nSPS) is 11.2. The Morgan fingerprint density at radius 2 is 2.05 bits per heavy atom. The van der Waals surface area contributed by atoms with E-state index in [9.17, 15) is 0 Å².